The fraction of sp³-hybridized carbons (Fsp3) is 0.333. The number of benzene rings is 2. The van der Waals surface area contributed by atoms with Crippen LogP contribution in [0.15, 0.2) is 42.5 Å². The SMILES string of the molecule is CCCCOc1cc(OCC)cc(C(Nc2ccc(C#N)cc2)C(=O)O)c1. The first-order valence-electron chi connectivity index (χ1n) is 8.97. The van der Waals surface area contributed by atoms with Gasteiger partial charge < -0.3 is 19.9 Å². The van der Waals surface area contributed by atoms with E-state index in [2.05, 4.69) is 12.2 Å². The van der Waals surface area contributed by atoms with Gasteiger partial charge in [-0.1, -0.05) is 13.3 Å². The molecule has 6 nitrogen and oxygen atoms in total. The molecule has 0 bridgehead atoms. The summed E-state index contributed by atoms with van der Waals surface area (Å²) in [7, 11) is 0. The highest BCUT2D eigenvalue weighted by atomic mass is 16.5. The lowest BCUT2D eigenvalue weighted by atomic mass is 10.1. The van der Waals surface area contributed by atoms with Crippen molar-refractivity contribution in [2.75, 3.05) is 18.5 Å². The lowest BCUT2D eigenvalue weighted by Gasteiger charge is -2.19. The van der Waals surface area contributed by atoms with Crippen molar-refractivity contribution in [3.05, 3.63) is 53.6 Å². The summed E-state index contributed by atoms with van der Waals surface area (Å²) in [6, 6.07) is 12.9. The maximum atomic E-state index is 11.9. The van der Waals surface area contributed by atoms with Crippen LogP contribution in [0.1, 0.15) is 43.9 Å². The molecule has 0 saturated carbocycles. The van der Waals surface area contributed by atoms with Crippen LogP contribution in [0.5, 0.6) is 11.5 Å². The number of aliphatic carboxylic acids is 1. The van der Waals surface area contributed by atoms with E-state index in [1.165, 1.54) is 0 Å². The highest BCUT2D eigenvalue weighted by Crippen LogP contribution is 2.29. The van der Waals surface area contributed by atoms with Gasteiger partial charge in [0, 0.05) is 11.8 Å². The lowest BCUT2D eigenvalue weighted by Crippen LogP contribution is -2.20. The van der Waals surface area contributed by atoms with Gasteiger partial charge in [0.15, 0.2) is 6.04 Å². The molecule has 6 heteroatoms. The van der Waals surface area contributed by atoms with Crippen molar-refractivity contribution in [2.24, 2.45) is 0 Å². The van der Waals surface area contributed by atoms with Crippen molar-refractivity contribution < 1.29 is 19.4 Å². The number of anilines is 1. The monoisotopic (exact) mass is 368 g/mol. The molecule has 0 amide bonds. The second-order valence-electron chi connectivity index (χ2n) is 5.98. The predicted molar refractivity (Wildman–Crippen MR) is 103 cm³/mol. The van der Waals surface area contributed by atoms with Crippen LogP contribution in [0.2, 0.25) is 0 Å². The second kappa shape index (κ2) is 10.1. The highest BCUT2D eigenvalue weighted by Gasteiger charge is 2.21. The number of nitrogens with one attached hydrogen (secondary N) is 1. The Morgan fingerprint density at radius 1 is 1.15 bits per heavy atom. The molecule has 0 radical (unpaired) electrons. The molecule has 2 aromatic rings. The molecule has 0 aliphatic carbocycles. The predicted octanol–water partition coefficient (Wildman–Crippen LogP) is 4.37. The Kier molecular flexibility index (Phi) is 7.50. The molecular formula is C21H24N2O4. The van der Waals surface area contributed by atoms with Crippen LogP contribution in [0.4, 0.5) is 5.69 Å². The van der Waals surface area contributed by atoms with Crippen molar-refractivity contribution in [3.63, 3.8) is 0 Å². The van der Waals surface area contributed by atoms with Gasteiger partial charge in [-0.25, -0.2) is 4.79 Å². The van der Waals surface area contributed by atoms with E-state index in [9.17, 15) is 9.90 Å². The first-order chi connectivity index (χ1) is 13.1. The minimum Gasteiger partial charge on any atom is -0.494 e. The number of carbonyl (C=O) groups is 1. The van der Waals surface area contributed by atoms with Crippen LogP contribution in [-0.2, 0) is 4.79 Å². The average molecular weight is 368 g/mol. The standard InChI is InChI=1S/C21H24N2O4/c1-3-5-10-27-19-12-16(11-18(13-19)26-4-2)20(21(24)25)23-17-8-6-15(14-22)7-9-17/h6-9,11-13,20,23H,3-5,10H2,1-2H3,(H,24,25). The Labute approximate surface area is 159 Å². The number of unbranched alkanes of at least 4 members (excludes halogenated alkanes) is 1. The quantitative estimate of drug-likeness (QED) is 0.605. The topological polar surface area (TPSA) is 91.6 Å². The first-order valence-corrected chi connectivity index (χ1v) is 8.97. The summed E-state index contributed by atoms with van der Waals surface area (Å²) in [6.45, 7) is 4.98. The molecule has 1 atom stereocenters. The third-order valence-corrected chi connectivity index (χ3v) is 3.89. The molecule has 0 saturated heterocycles. The van der Waals surface area contributed by atoms with Gasteiger partial charge in [0.1, 0.15) is 11.5 Å². The van der Waals surface area contributed by atoms with Crippen LogP contribution in [0.25, 0.3) is 0 Å². The van der Waals surface area contributed by atoms with E-state index in [0.717, 1.165) is 12.8 Å². The van der Waals surface area contributed by atoms with E-state index in [4.69, 9.17) is 14.7 Å². The van der Waals surface area contributed by atoms with Gasteiger partial charge in [-0.05, 0) is 55.3 Å². The fourth-order valence-corrected chi connectivity index (χ4v) is 2.52. The molecule has 0 spiro atoms. The lowest BCUT2D eigenvalue weighted by molar-refractivity contribution is -0.138. The van der Waals surface area contributed by atoms with E-state index in [1.54, 1.807) is 42.5 Å². The molecule has 0 aliphatic heterocycles. The van der Waals surface area contributed by atoms with Gasteiger partial charge in [0.2, 0.25) is 0 Å². The van der Waals surface area contributed by atoms with Crippen molar-refractivity contribution in [1.82, 2.24) is 0 Å². The maximum absolute atomic E-state index is 11.9. The summed E-state index contributed by atoms with van der Waals surface area (Å²) in [5.41, 5.74) is 1.65. The van der Waals surface area contributed by atoms with Crippen molar-refractivity contribution in [1.29, 1.82) is 5.26 Å². The maximum Gasteiger partial charge on any atom is 0.330 e. The molecule has 0 fully saturated rings. The first kappa shape index (κ1) is 20.1. The Hall–Kier alpha value is -3.20. The normalized spacial score (nSPS) is 11.3. The van der Waals surface area contributed by atoms with E-state index >= 15 is 0 Å². The van der Waals surface area contributed by atoms with Gasteiger partial charge >= 0.3 is 5.97 Å². The minimum atomic E-state index is -1.02. The van der Waals surface area contributed by atoms with Crippen LogP contribution < -0.4 is 14.8 Å². The fourth-order valence-electron chi connectivity index (χ4n) is 2.52. The average Bonchev–Trinajstić information content (AvgIpc) is 2.66. The largest absolute Gasteiger partial charge is 0.494 e. The van der Waals surface area contributed by atoms with Gasteiger partial charge in [-0.3, -0.25) is 0 Å². The molecule has 2 aromatic carbocycles. The summed E-state index contributed by atoms with van der Waals surface area (Å²) in [6.07, 6.45) is 1.93. The van der Waals surface area contributed by atoms with Crippen LogP contribution in [0.3, 0.4) is 0 Å². The number of nitriles is 1. The zero-order valence-corrected chi connectivity index (χ0v) is 15.6. The van der Waals surface area contributed by atoms with Gasteiger partial charge in [-0.2, -0.15) is 5.26 Å². The van der Waals surface area contributed by atoms with Crippen LogP contribution in [-0.4, -0.2) is 24.3 Å². The number of carboxylic acids is 1. The van der Waals surface area contributed by atoms with Gasteiger partial charge in [-0.15, -0.1) is 0 Å². The highest BCUT2D eigenvalue weighted by molar-refractivity contribution is 5.79. The third-order valence-electron chi connectivity index (χ3n) is 3.89. The number of hydrogen-bond acceptors (Lipinski definition) is 5. The van der Waals surface area contributed by atoms with Crippen molar-refractivity contribution >= 4 is 11.7 Å². The van der Waals surface area contributed by atoms with E-state index in [0.29, 0.717) is 41.5 Å². The number of nitrogens with zero attached hydrogens (tertiary/aromatic N) is 1. The van der Waals surface area contributed by atoms with E-state index in [-0.39, 0.29) is 0 Å². The summed E-state index contributed by atoms with van der Waals surface area (Å²) < 4.78 is 11.3. The van der Waals surface area contributed by atoms with Crippen molar-refractivity contribution in [3.8, 4) is 17.6 Å². The summed E-state index contributed by atoms with van der Waals surface area (Å²) in [5, 5.41) is 21.6. The van der Waals surface area contributed by atoms with Crippen molar-refractivity contribution in [2.45, 2.75) is 32.7 Å². The molecule has 2 N–H and O–H groups in total. The van der Waals surface area contributed by atoms with Gasteiger partial charge in [0.25, 0.3) is 0 Å². The molecule has 0 aromatic heterocycles. The Bertz CT molecular complexity index is 797. The van der Waals surface area contributed by atoms with Crippen LogP contribution in [0, 0.1) is 11.3 Å². The summed E-state index contributed by atoms with van der Waals surface area (Å²) >= 11 is 0. The van der Waals surface area contributed by atoms with Gasteiger partial charge in [0.05, 0.1) is 24.8 Å². The summed E-state index contributed by atoms with van der Waals surface area (Å²) in [4.78, 5) is 11.9. The Morgan fingerprint density at radius 2 is 1.81 bits per heavy atom. The van der Waals surface area contributed by atoms with E-state index in [1.807, 2.05) is 13.0 Å². The number of hydrogen-bond donors (Lipinski definition) is 2. The molecule has 2 rings (SSSR count). The Balaban J connectivity index is 2.30. The zero-order chi connectivity index (χ0) is 19.6. The summed E-state index contributed by atoms with van der Waals surface area (Å²) in [5.74, 6) is 0.124. The molecule has 0 aliphatic rings. The number of carboxylic acid groups (broad SMARTS) is 1. The molecular weight excluding hydrogens is 344 g/mol. The van der Waals surface area contributed by atoms with E-state index < -0.39 is 12.0 Å². The minimum absolute atomic E-state index is 0.471. The second-order valence-corrected chi connectivity index (χ2v) is 5.98. The zero-order valence-electron chi connectivity index (χ0n) is 15.6. The molecule has 0 heterocycles. The molecule has 142 valence electrons. The van der Waals surface area contributed by atoms with Crippen LogP contribution >= 0.6 is 0 Å². The smallest absolute Gasteiger partial charge is 0.330 e. The molecule has 1 unspecified atom stereocenters. The number of ether oxygens (including phenoxy) is 2. The molecule has 27 heavy (non-hydrogen) atoms. The Morgan fingerprint density at radius 3 is 2.37 bits per heavy atom. The number of rotatable bonds is 10. The third kappa shape index (κ3) is 5.93.